The van der Waals surface area contributed by atoms with Crippen molar-refractivity contribution in [1.82, 2.24) is 20.0 Å². The van der Waals surface area contributed by atoms with Crippen molar-refractivity contribution < 1.29 is 14.3 Å². The van der Waals surface area contributed by atoms with E-state index in [0.717, 1.165) is 43.9 Å². The predicted molar refractivity (Wildman–Crippen MR) is 113 cm³/mol. The van der Waals surface area contributed by atoms with Gasteiger partial charge in [0, 0.05) is 19.3 Å². The maximum absolute atomic E-state index is 13.1. The summed E-state index contributed by atoms with van der Waals surface area (Å²) >= 11 is 0. The molecule has 2 aromatic rings. The third-order valence-electron chi connectivity index (χ3n) is 5.24. The van der Waals surface area contributed by atoms with E-state index < -0.39 is 0 Å². The second kappa shape index (κ2) is 9.98. The third kappa shape index (κ3) is 5.03. The molecule has 0 saturated carbocycles. The number of nitrogens with one attached hydrogen (secondary N) is 1. The molecule has 0 aliphatic carbocycles. The molecule has 1 aromatic heterocycles. The summed E-state index contributed by atoms with van der Waals surface area (Å²) in [5, 5.41) is 7.97. The largest absolute Gasteiger partial charge is 0.486 e. The van der Waals surface area contributed by atoms with Gasteiger partial charge in [-0.25, -0.2) is 0 Å². The van der Waals surface area contributed by atoms with Gasteiger partial charge in [-0.05, 0) is 44.0 Å². The van der Waals surface area contributed by atoms with Crippen molar-refractivity contribution in [3.8, 4) is 11.5 Å². The number of carbonyl (C=O) groups excluding carboxylic acids is 1. The molecule has 2 aliphatic rings. The number of piperidine rings is 1. The minimum Gasteiger partial charge on any atom is -0.486 e. The molecule has 158 valence electrons. The van der Waals surface area contributed by atoms with Gasteiger partial charge in [0.2, 0.25) is 0 Å². The summed E-state index contributed by atoms with van der Waals surface area (Å²) in [6.07, 6.45) is 4.84. The normalized spacial score (nSPS) is 20.6. The Bertz CT molecular complexity index is 807. The number of para-hydroxylation sites is 2. The van der Waals surface area contributed by atoms with Crippen LogP contribution in [0.5, 0.6) is 11.5 Å². The van der Waals surface area contributed by atoms with Gasteiger partial charge < -0.3 is 19.7 Å². The lowest BCUT2D eigenvalue weighted by Gasteiger charge is -2.31. The molecular weight excluding hydrogens is 392 g/mol. The standard InChI is InChI=1S/C21H28N4O3.ClH/c1-2-11-24(14-17-15-27-19-7-3-4-8-20(19)28-17)21(26)18-9-12-25(23-18)16-6-5-10-22-13-16;/h3-4,7-9,12,16-17,22H,2,5-6,10-11,13-15H2,1H3;1H. The number of ether oxygens (including phenoxy) is 2. The maximum atomic E-state index is 13.1. The highest BCUT2D eigenvalue weighted by atomic mass is 35.5. The van der Waals surface area contributed by atoms with E-state index in [1.165, 1.54) is 0 Å². The van der Waals surface area contributed by atoms with Crippen molar-refractivity contribution in [1.29, 1.82) is 0 Å². The molecule has 1 aromatic carbocycles. The van der Waals surface area contributed by atoms with Crippen molar-refractivity contribution in [3.05, 3.63) is 42.2 Å². The van der Waals surface area contributed by atoms with Crippen LogP contribution in [0.15, 0.2) is 36.5 Å². The highest BCUT2D eigenvalue weighted by Gasteiger charge is 2.27. The number of nitrogens with zero attached hydrogens (tertiary/aromatic N) is 3. The average molecular weight is 421 g/mol. The zero-order chi connectivity index (χ0) is 19.3. The highest BCUT2D eigenvalue weighted by molar-refractivity contribution is 5.92. The fraction of sp³-hybridized carbons (Fsp3) is 0.524. The van der Waals surface area contributed by atoms with Crippen LogP contribution in [0.3, 0.4) is 0 Å². The van der Waals surface area contributed by atoms with E-state index >= 15 is 0 Å². The second-order valence-corrected chi connectivity index (χ2v) is 7.43. The number of rotatable bonds is 6. The van der Waals surface area contributed by atoms with Crippen molar-refractivity contribution in [3.63, 3.8) is 0 Å². The van der Waals surface area contributed by atoms with Crippen LogP contribution >= 0.6 is 12.4 Å². The van der Waals surface area contributed by atoms with Crippen molar-refractivity contribution in [2.24, 2.45) is 0 Å². The molecule has 29 heavy (non-hydrogen) atoms. The average Bonchev–Trinajstić information content (AvgIpc) is 3.24. The van der Waals surface area contributed by atoms with Crippen LogP contribution in [0.2, 0.25) is 0 Å². The summed E-state index contributed by atoms with van der Waals surface area (Å²) in [6, 6.07) is 9.79. The van der Waals surface area contributed by atoms with E-state index in [0.29, 0.717) is 31.4 Å². The summed E-state index contributed by atoms with van der Waals surface area (Å²) in [5.41, 5.74) is 0.496. The van der Waals surface area contributed by atoms with E-state index in [9.17, 15) is 4.79 Å². The molecule has 7 nitrogen and oxygen atoms in total. The molecule has 1 amide bonds. The summed E-state index contributed by atoms with van der Waals surface area (Å²) in [7, 11) is 0. The predicted octanol–water partition coefficient (Wildman–Crippen LogP) is 2.92. The number of hydrogen-bond acceptors (Lipinski definition) is 5. The van der Waals surface area contributed by atoms with E-state index in [1.807, 2.05) is 46.1 Å². The van der Waals surface area contributed by atoms with Crippen LogP contribution < -0.4 is 14.8 Å². The molecule has 1 saturated heterocycles. The Morgan fingerprint density at radius 1 is 1.31 bits per heavy atom. The molecule has 3 heterocycles. The van der Waals surface area contributed by atoms with Gasteiger partial charge in [-0.1, -0.05) is 19.1 Å². The van der Waals surface area contributed by atoms with Crippen LogP contribution in [0.25, 0.3) is 0 Å². The molecule has 0 spiro atoms. The Balaban J connectivity index is 0.00000240. The minimum absolute atomic E-state index is 0. The number of hydrogen-bond donors (Lipinski definition) is 1. The van der Waals surface area contributed by atoms with Crippen LogP contribution in [0, 0.1) is 0 Å². The molecule has 1 fully saturated rings. The molecule has 2 unspecified atom stereocenters. The Labute approximate surface area is 177 Å². The van der Waals surface area contributed by atoms with E-state index in [4.69, 9.17) is 9.47 Å². The summed E-state index contributed by atoms with van der Waals surface area (Å²) in [6.45, 7) is 5.62. The smallest absolute Gasteiger partial charge is 0.274 e. The topological polar surface area (TPSA) is 68.6 Å². The SMILES string of the molecule is CCCN(CC1COc2ccccc2O1)C(=O)c1ccn(C2CCCNC2)n1.Cl. The second-order valence-electron chi connectivity index (χ2n) is 7.43. The number of halogens is 1. The Hall–Kier alpha value is -2.25. The van der Waals surface area contributed by atoms with E-state index in [-0.39, 0.29) is 24.4 Å². The number of aromatic nitrogens is 2. The lowest BCUT2D eigenvalue weighted by molar-refractivity contribution is 0.0458. The van der Waals surface area contributed by atoms with Crippen molar-refractivity contribution in [2.45, 2.75) is 38.3 Å². The summed E-state index contributed by atoms with van der Waals surface area (Å²) < 4.78 is 13.8. The lowest BCUT2D eigenvalue weighted by Crippen LogP contribution is -2.44. The van der Waals surface area contributed by atoms with Gasteiger partial charge in [0.15, 0.2) is 17.6 Å². The maximum Gasteiger partial charge on any atom is 0.274 e. The third-order valence-corrected chi connectivity index (χ3v) is 5.24. The molecule has 0 bridgehead atoms. The first-order chi connectivity index (χ1) is 13.7. The minimum atomic E-state index is -0.185. The number of benzene rings is 1. The van der Waals surface area contributed by atoms with Crippen molar-refractivity contribution >= 4 is 18.3 Å². The zero-order valence-electron chi connectivity index (χ0n) is 16.8. The molecule has 0 radical (unpaired) electrons. The quantitative estimate of drug-likeness (QED) is 0.778. The molecular formula is C21H29ClN4O3. The van der Waals surface area contributed by atoms with Crippen LogP contribution in [0.1, 0.15) is 42.7 Å². The van der Waals surface area contributed by atoms with Gasteiger partial charge in [0.25, 0.3) is 5.91 Å². The number of amides is 1. The first-order valence-electron chi connectivity index (χ1n) is 10.2. The van der Waals surface area contributed by atoms with Crippen LogP contribution in [-0.4, -0.2) is 59.5 Å². The van der Waals surface area contributed by atoms with Crippen LogP contribution in [-0.2, 0) is 0 Å². The monoisotopic (exact) mass is 420 g/mol. The Kier molecular flexibility index (Phi) is 7.39. The number of carbonyl (C=O) groups is 1. The fourth-order valence-corrected chi connectivity index (χ4v) is 3.82. The Morgan fingerprint density at radius 3 is 2.90 bits per heavy atom. The first kappa shape index (κ1) is 21.5. The molecule has 2 atom stereocenters. The van der Waals surface area contributed by atoms with E-state index in [2.05, 4.69) is 17.3 Å². The van der Waals surface area contributed by atoms with Gasteiger partial charge in [-0.2, -0.15) is 5.10 Å². The molecule has 1 N–H and O–H groups in total. The first-order valence-corrected chi connectivity index (χ1v) is 10.2. The zero-order valence-corrected chi connectivity index (χ0v) is 17.6. The van der Waals surface area contributed by atoms with Gasteiger partial charge in [-0.15, -0.1) is 12.4 Å². The molecule has 2 aliphatic heterocycles. The lowest BCUT2D eigenvalue weighted by atomic mass is 10.1. The van der Waals surface area contributed by atoms with Gasteiger partial charge in [-0.3, -0.25) is 9.48 Å². The van der Waals surface area contributed by atoms with E-state index in [1.54, 1.807) is 0 Å². The van der Waals surface area contributed by atoms with Gasteiger partial charge >= 0.3 is 0 Å². The van der Waals surface area contributed by atoms with Crippen molar-refractivity contribution in [2.75, 3.05) is 32.8 Å². The molecule has 4 rings (SSSR count). The highest BCUT2D eigenvalue weighted by Crippen LogP contribution is 2.31. The number of fused-ring (bicyclic) bond motifs is 1. The van der Waals surface area contributed by atoms with Gasteiger partial charge in [0.05, 0.1) is 12.6 Å². The fourth-order valence-electron chi connectivity index (χ4n) is 3.82. The Morgan fingerprint density at radius 2 is 2.14 bits per heavy atom. The summed E-state index contributed by atoms with van der Waals surface area (Å²) in [4.78, 5) is 14.9. The van der Waals surface area contributed by atoms with Gasteiger partial charge in [0.1, 0.15) is 12.3 Å². The summed E-state index contributed by atoms with van der Waals surface area (Å²) in [5.74, 6) is 1.44. The van der Waals surface area contributed by atoms with Crippen LogP contribution in [0.4, 0.5) is 0 Å². The molecule has 8 heteroatoms.